The number of hydrogen-bond acceptors (Lipinski definition) is 4. The zero-order chi connectivity index (χ0) is 19.1. The maximum absolute atomic E-state index is 11.9. The largest absolute Gasteiger partial charge is 0.478 e. The highest BCUT2D eigenvalue weighted by Crippen LogP contribution is 2.05. The second-order valence-electron chi connectivity index (χ2n) is 5.28. The van der Waals surface area contributed by atoms with Crippen LogP contribution in [-0.4, -0.2) is 47.1 Å². The minimum Gasteiger partial charge on any atom is -0.478 e. The summed E-state index contributed by atoms with van der Waals surface area (Å²) in [6, 6.07) is 10.9. The molecule has 0 bridgehead atoms. The molecule has 0 aliphatic heterocycles. The summed E-state index contributed by atoms with van der Waals surface area (Å²) in [7, 11) is 0. The van der Waals surface area contributed by atoms with Crippen molar-refractivity contribution in [2.24, 2.45) is 0 Å². The molecule has 0 radical (unpaired) electrons. The van der Waals surface area contributed by atoms with Gasteiger partial charge in [0.1, 0.15) is 0 Å². The molecule has 0 saturated heterocycles. The van der Waals surface area contributed by atoms with Crippen molar-refractivity contribution in [3.8, 4) is 0 Å². The summed E-state index contributed by atoms with van der Waals surface area (Å²) in [4.78, 5) is 45.3. The first-order valence-electron chi connectivity index (χ1n) is 7.61. The van der Waals surface area contributed by atoms with Crippen molar-refractivity contribution in [1.29, 1.82) is 0 Å². The van der Waals surface area contributed by atoms with E-state index in [2.05, 4.69) is 10.6 Å². The number of nitrogens with one attached hydrogen (secondary N) is 2. The van der Waals surface area contributed by atoms with Gasteiger partial charge in [-0.1, -0.05) is 0 Å². The number of carbonyl (C=O) groups excluding carboxylic acids is 2. The molecule has 0 spiro atoms. The number of rotatable bonds is 7. The Kier molecular flexibility index (Phi) is 6.05. The van der Waals surface area contributed by atoms with Gasteiger partial charge in [0.15, 0.2) is 0 Å². The van der Waals surface area contributed by atoms with Crippen LogP contribution in [0.5, 0.6) is 0 Å². The normalized spacial score (nSPS) is 10.0. The Labute approximate surface area is 148 Å². The first-order chi connectivity index (χ1) is 12.4. The van der Waals surface area contributed by atoms with Crippen LogP contribution in [0, 0.1) is 0 Å². The van der Waals surface area contributed by atoms with Gasteiger partial charge in [0.25, 0.3) is 11.8 Å². The SMILES string of the molecule is O=C(O)c1ccc(C(=O)NCCNC(=O)c2ccc(C(=O)O)cc2)cc1. The summed E-state index contributed by atoms with van der Waals surface area (Å²) >= 11 is 0. The van der Waals surface area contributed by atoms with Crippen molar-refractivity contribution in [1.82, 2.24) is 10.6 Å². The smallest absolute Gasteiger partial charge is 0.335 e. The Morgan fingerprint density at radius 2 is 0.846 bits per heavy atom. The Morgan fingerprint density at radius 3 is 1.12 bits per heavy atom. The quantitative estimate of drug-likeness (QED) is 0.552. The van der Waals surface area contributed by atoms with E-state index in [0.29, 0.717) is 11.1 Å². The van der Waals surface area contributed by atoms with Crippen molar-refractivity contribution >= 4 is 23.8 Å². The van der Waals surface area contributed by atoms with Gasteiger partial charge in [-0.05, 0) is 48.5 Å². The van der Waals surface area contributed by atoms with Gasteiger partial charge < -0.3 is 20.8 Å². The summed E-state index contributed by atoms with van der Waals surface area (Å²) in [5.74, 6) is -2.92. The van der Waals surface area contributed by atoms with Gasteiger partial charge in [-0.15, -0.1) is 0 Å². The van der Waals surface area contributed by atoms with E-state index in [-0.39, 0.29) is 36.0 Å². The third-order valence-electron chi connectivity index (χ3n) is 3.48. The molecular weight excluding hydrogens is 340 g/mol. The highest BCUT2D eigenvalue weighted by molar-refractivity contribution is 5.97. The summed E-state index contributed by atoms with van der Waals surface area (Å²) in [6.45, 7) is 0.358. The molecule has 2 rings (SSSR count). The lowest BCUT2D eigenvalue weighted by Crippen LogP contribution is -2.34. The Balaban J connectivity index is 1.78. The monoisotopic (exact) mass is 356 g/mol. The topological polar surface area (TPSA) is 133 Å². The van der Waals surface area contributed by atoms with Crippen molar-refractivity contribution in [3.63, 3.8) is 0 Å². The lowest BCUT2D eigenvalue weighted by Gasteiger charge is -2.08. The predicted octanol–water partition coefficient (Wildman–Crippen LogP) is 1.24. The fourth-order valence-corrected chi connectivity index (χ4v) is 2.08. The Morgan fingerprint density at radius 1 is 0.577 bits per heavy atom. The van der Waals surface area contributed by atoms with Gasteiger partial charge >= 0.3 is 11.9 Å². The lowest BCUT2D eigenvalue weighted by molar-refractivity contribution is 0.0686. The summed E-state index contributed by atoms with van der Waals surface area (Å²) in [6.07, 6.45) is 0. The number of carbonyl (C=O) groups is 4. The number of aromatic carboxylic acids is 2. The van der Waals surface area contributed by atoms with Crippen LogP contribution in [0.1, 0.15) is 41.4 Å². The van der Waals surface area contributed by atoms with E-state index < -0.39 is 11.9 Å². The fraction of sp³-hybridized carbons (Fsp3) is 0.111. The number of amides is 2. The number of hydrogen-bond donors (Lipinski definition) is 4. The van der Waals surface area contributed by atoms with Crippen LogP contribution >= 0.6 is 0 Å². The van der Waals surface area contributed by atoms with Crippen LogP contribution in [0.4, 0.5) is 0 Å². The second kappa shape index (κ2) is 8.43. The van der Waals surface area contributed by atoms with Crippen molar-refractivity contribution in [3.05, 3.63) is 70.8 Å². The second-order valence-corrected chi connectivity index (χ2v) is 5.28. The molecular formula is C18H16N2O6. The van der Waals surface area contributed by atoms with E-state index in [1.54, 1.807) is 0 Å². The molecule has 8 nitrogen and oxygen atoms in total. The highest BCUT2D eigenvalue weighted by Gasteiger charge is 2.09. The summed E-state index contributed by atoms with van der Waals surface area (Å²) < 4.78 is 0. The maximum Gasteiger partial charge on any atom is 0.335 e. The van der Waals surface area contributed by atoms with Gasteiger partial charge in [0, 0.05) is 24.2 Å². The molecule has 134 valence electrons. The summed E-state index contributed by atoms with van der Waals surface area (Å²) in [5, 5.41) is 22.8. The molecule has 2 aromatic carbocycles. The van der Waals surface area contributed by atoms with Crippen LogP contribution in [0.2, 0.25) is 0 Å². The molecule has 0 heterocycles. The number of carboxylic acid groups (broad SMARTS) is 2. The molecule has 26 heavy (non-hydrogen) atoms. The zero-order valence-electron chi connectivity index (χ0n) is 13.6. The average Bonchev–Trinajstić information content (AvgIpc) is 2.65. The fourth-order valence-electron chi connectivity index (χ4n) is 2.08. The molecule has 0 aromatic heterocycles. The maximum atomic E-state index is 11.9. The standard InChI is InChI=1S/C18H16N2O6/c21-15(11-1-5-13(6-2-11)17(23)24)19-9-10-20-16(22)12-3-7-14(8-4-12)18(25)26/h1-8H,9-10H2,(H,19,21)(H,20,22)(H,23,24)(H,25,26). The van der Waals surface area contributed by atoms with Crippen molar-refractivity contribution < 1.29 is 29.4 Å². The van der Waals surface area contributed by atoms with E-state index >= 15 is 0 Å². The van der Waals surface area contributed by atoms with Crippen molar-refractivity contribution in [2.75, 3.05) is 13.1 Å². The number of carboxylic acids is 2. The molecule has 0 aliphatic carbocycles. The Hall–Kier alpha value is -3.68. The van der Waals surface area contributed by atoms with Gasteiger partial charge in [0.2, 0.25) is 0 Å². The molecule has 0 aliphatic rings. The minimum atomic E-state index is -1.07. The van der Waals surface area contributed by atoms with Gasteiger partial charge in [0.05, 0.1) is 11.1 Å². The molecule has 0 atom stereocenters. The van der Waals surface area contributed by atoms with Crippen LogP contribution in [0.15, 0.2) is 48.5 Å². The predicted molar refractivity (Wildman–Crippen MR) is 91.5 cm³/mol. The van der Waals surface area contributed by atoms with Crippen molar-refractivity contribution in [2.45, 2.75) is 0 Å². The first kappa shape index (κ1) is 18.7. The van der Waals surface area contributed by atoms with E-state index in [1.165, 1.54) is 48.5 Å². The van der Waals surface area contributed by atoms with Gasteiger partial charge in [-0.2, -0.15) is 0 Å². The molecule has 8 heteroatoms. The molecule has 0 fully saturated rings. The zero-order valence-corrected chi connectivity index (χ0v) is 13.6. The summed E-state index contributed by atoms with van der Waals surface area (Å²) in [5.41, 5.74) is 0.793. The highest BCUT2D eigenvalue weighted by atomic mass is 16.4. The Bertz CT molecular complexity index is 756. The van der Waals surface area contributed by atoms with Gasteiger partial charge in [-0.3, -0.25) is 9.59 Å². The van der Waals surface area contributed by atoms with Crippen LogP contribution in [-0.2, 0) is 0 Å². The van der Waals surface area contributed by atoms with Crippen LogP contribution in [0.25, 0.3) is 0 Å². The molecule has 0 unspecified atom stereocenters. The molecule has 4 N–H and O–H groups in total. The first-order valence-corrected chi connectivity index (χ1v) is 7.61. The van der Waals surface area contributed by atoms with Gasteiger partial charge in [-0.25, -0.2) is 9.59 Å². The molecule has 2 aromatic rings. The van der Waals surface area contributed by atoms with E-state index in [1.807, 2.05) is 0 Å². The molecule has 0 saturated carbocycles. The minimum absolute atomic E-state index is 0.0859. The van der Waals surface area contributed by atoms with E-state index in [0.717, 1.165) is 0 Å². The molecule has 2 amide bonds. The van der Waals surface area contributed by atoms with E-state index in [9.17, 15) is 19.2 Å². The van der Waals surface area contributed by atoms with Crippen LogP contribution in [0.3, 0.4) is 0 Å². The average molecular weight is 356 g/mol. The lowest BCUT2D eigenvalue weighted by atomic mass is 10.1. The van der Waals surface area contributed by atoms with E-state index in [4.69, 9.17) is 10.2 Å². The van der Waals surface area contributed by atoms with Crippen LogP contribution < -0.4 is 10.6 Å². The third-order valence-corrected chi connectivity index (χ3v) is 3.48. The third kappa shape index (κ3) is 4.91. The number of benzene rings is 2.